The van der Waals surface area contributed by atoms with Crippen molar-refractivity contribution < 1.29 is 26.0 Å². The van der Waals surface area contributed by atoms with Crippen molar-refractivity contribution in [2.24, 2.45) is 0 Å². The molecule has 2 nitrogen and oxygen atoms in total. The second kappa shape index (κ2) is 7.47. The fourth-order valence-electron chi connectivity index (χ4n) is 1.21. The Morgan fingerprint density at radius 3 is 2.40 bits per heavy atom. The third-order valence-electron chi connectivity index (χ3n) is 2.07. The fraction of sp³-hybridized carbons (Fsp3) is 0.333. The van der Waals surface area contributed by atoms with Gasteiger partial charge in [-0.15, -0.1) is 0 Å². The maximum Gasteiger partial charge on any atom is 0.162 e. The number of methoxy groups -OCH3 is 1. The van der Waals surface area contributed by atoms with Gasteiger partial charge in [-0.05, 0) is 24.3 Å². The van der Waals surface area contributed by atoms with Crippen molar-refractivity contribution in [2.45, 2.75) is 19.3 Å². The summed E-state index contributed by atoms with van der Waals surface area (Å²) in [6, 6.07) is 7.20. The molecule has 0 aliphatic rings. The van der Waals surface area contributed by atoms with Crippen LogP contribution in [-0.4, -0.2) is 12.9 Å². The van der Waals surface area contributed by atoms with E-state index in [1.54, 1.807) is 31.4 Å². The first-order valence-corrected chi connectivity index (χ1v) is 4.74. The molecule has 0 fully saturated rings. The molecule has 0 atom stereocenters. The van der Waals surface area contributed by atoms with Crippen LogP contribution in [-0.2, 0) is 16.5 Å². The number of Topliss-reactive ketones (excluding diaryl/α,β-unsaturated/α-hetero) is 1. The molecule has 86 valence electrons. The third kappa shape index (κ3) is 4.48. The Kier molecular flexibility index (Phi) is 7.07. The summed E-state index contributed by atoms with van der Waals surface area (Å²) in [7, 11) is 1.61. The number of carbonyl (C=O) groups excluding carboxylic acids is 1. The average molecular weight is 250 g/mol. The zero-order chi connectivity index (χ0) is 10.4. The van der Waals surface area contributed by atoms with Gasteiger partial charge in [-0.3, -0.25) is 4.79 Å². The zero-order valence-electron chi connectivity index (χ0n) is 8.77. The molecule has 1 aromatic rings. The van der Waals surface area contributed by atoms with Crippen LogP contribution in [0.4, 0.5) is 0 Å². The summed E-state index contributed by atoms with van der Waals surface area (Å²) in [6.45, 7) is 3.71. The average Bonchev–Trinajstić information content (AvgIpc) is 2.26. The van der Waals surface area contributed by atoms with Crippen LogP contribution < -0.4 is 4.74 Å². The van der Waals surface area contributed by atoms with Crippen molar-refractivity contribution in [3.05, 3.63) is 36.8 Å². The summed E-state index contributed by atoms with van der Waals surface area (Å²) >= 11 is 0. The van der Waals surface area contributed by atoms with E-state index in [9.17, 15) is 4.79 Å². The van der Waals surface area contributed by atoms with E-state index in [-0.39, 0.29) is 22.3 Å². The molecule has 3 heteroatoms. The molecule has 0 aromatic heterocycles. The molecule has 15 heavy (non-hydrogen) atoms. The van der Waals surface area contributed by atoms with Crippen LogP contribution in [0.25, 0.3) is 0 Å². The Morgan fingerprint density at radius 1 is 1.33 bits per heavy atom. The molecule has 0 spiro atoms. The number of unbranched alkanes of at least 4 members (excludes halogenated alkanes) is 1. The largest absolute Gasteiger partial charge is 0.497 e. The fourth-order valence-corrected chi connectivity index (χ4v) is 1.21. The summed E-state index contributed by atoms with van der Waals surface area (Å²) in [5.41, 5.74) is 0.749. The summed E-state index contributed by atoms with van der Waals surface area (Å²) < 4.78 is 5.01. The molecule has 0 aliphatic heterocycles. The SMILES string of the molecule is [CH2-]CCCC(=O)c1ccc(OC)cc1.[Ni]. The first-order chi connectivity index (χ1) is 6.77. The molecule has 0 saturated heterocycles. The maximum absolute atomic E-state index is 11.5. The Morgan fingerprint density at radius 2 is 1.93 bits per heavy atom. The van der Waals surface area contributed by atoms with Gasteiger partial charge in [0.1, 0.15) is 5.75 Å². The van der Waals surface area contributed by atoms with Gasteiger partial charge >= 0.3 is 0 Å². The van der Waals surface area contributed by atoms with Gasteiger partial charge in [0.05, 0.1) is 7.11 Å². The minimum absolute atomic E-state index is 0. The second-order valence-electron chi connectivity index (χ2n) is 3.11. The van der Waals surface area contributed by atoms with E-state index >= 15 is 0 Å². The number of ketones is 1. The van der Waals surface area contributed by atoms with Gasteiger partial charge in [-0.2, -0.15) is 6.42 Å². The molecule has 0 heterocycles. The third-order valence-corrected chi connectivity index (χ3v) is 2.07. The van der Waals surface area contributed by atoms with E-state index in [4.69, 9.17) is 4.74 Å². The Hall–Kier alpha value is -0.816. The Bertz CT molecular complexity index is 293. The zero-order valence-corrected chi connectivity index (χ0v) is 9.76. The first kappa shape index (κ1) is 14.2. The van der Waals surface area contributed by atoms with E-state index in [1.165, 1.54) is 0 Å². The van der Waals surface area contributed by atoms with Gasteiger partial charge in [0.25, 0.3) is 0 Å². The van der Waals surface area contributed by atoms with E-state index in [1.807, 2.05) is 0 Å². The minimum atomic E-state index is 0. The number of hydrogen-bond donors (Lipinski definition) is 0. The standard InChI is InChI=1S/C12H15O2.Ni/c1-3-4-5-12(13)10-6-8-11(14-2)9-7-10;/h6-9H,1,3-5H2,2H3;/q-1;. The van der Waals surface area contributed by atoms with E-state index in [0.29, 0.717) is 6.42 Å². The number of carbonyl (C=O) groups is 1. The van der Waals surface area contributed by atoms with Gasteiger partial charge in [-0.25, -0.2) is 0 Å². The molecule has 0 unspecified atom stereocenters. The van der Waals surface area contributed by atoms with Crippen LogP contribution in [0.2, 0.25) is 0 Å². The number of rotatable bonds is 5. The predicted molar refractivity (Wildman–Crippen MR) is 56.5 cm³/mol. The van der Waals surface area contributed by atoms with Crippen LogP contribution in [0, 0.1) is 6.92 Å². The van der Waals surface area contributed by atoms with Crippen molar-refractivity contribution in [3.8, 4) is 5.75 Å². The first-order valence-electron chi connectivity index (χ1n) is 4.74. The second-order valence-corrected chi connectivity index (χ2v) is 3.11. The van der Waals surface area contributed by atoms with Crippen LogP contribution in [0.1, 0.15) is 29.6 Å². The quantitative estimate of drug-likeness (QED) is 0.456. The van der Waals surface area contributed by atoms with Gasteiger partial charge in [0.15, 0.2) is 5.78 Å². The van der Waals surface area contributed by atoms with Crippen LogP contribution in [0.5, 0.6) is 5.75 Å². The summed E-state index contributed by atoms with van der Waals surface area (Å²) in [6.07, 6.45) is 2.24. The molecule has 1 rings (SSSR count). The van der Waals surface area contributed by atoms with Crippen molar-refractivity contribution >= 4 is 5.78 Å². The van der Waals surface area contributed by atoms with Gasteiger partial charge < -0.3 is 11.7 Å². The van der Waals surface area contributed by atoms with E-state index in [0.717, 1.165) is 24.2 Å². The minimum Gasteiger partial charge on any atom is -0.497 e. The number of benzene rings is 1. The monoisotopic (exact) mass is 249 g/mol. The molecule has 0 saturated carbocycles. The van der Waals surface area contributed by atoms with Gasteiger partial charge in [-0.1, -0.05) is 6.42 Å². The molecule has 0 N–H and O–H groups in total. The molecular formula is C12H15NiO2-. The summed E-state index contributed by atoms with van der Waals surface area (Å²) in [5, 5.41) is 0. The van der Waals surface area contributed by atoms with Crippen molar-refractivity contribution in [1.29, 1.82) is 0 Å². The molecular weight excluding hydrogens is 235 g/mol. The molecule has 0 amide bonds. The van der Waals surface area contributed by atoms with Crippen molar-refractivity contribution in [3.63, 3.8) is 0 Å². The smallest absolute Gasteiger partial charge is 0.162 e. The normalized spacial score (nSPS) is 9.20. The Balaban J connectivity index is 0.00000196. The molecule has 1 aromatic carbocycles. The predicted octanol–water partition coefficient (Wildman–Crippen LogP) is 2.88. The van der Waals surface area contributed by atoms with Gasteiger partial charge in [0.2, 0.25) is 0 Å². The molecule has 0 radical (unpaired) electrons. The summed E-state index contributed by atoms with van der Waals surface area (Å²) in [4.78, 5) is 11.5. The van der Waals surface area contributed by atoms with Crippen molar-refractivity contribution in [2.75, 3.05) is 7.11 Å². The van der Waals surface area contributed by atoms with E-state index < -0.39 is 0 Å². The topological polar surface area (TPSA) is 26.3 Å². The Labute approximate surface area is 101 Å². The van der Waals surface area contributed by atoms with E-state index in [2.05, 4.69) is 6.92 Å². The van der Waals surface area contributed by atoms with Crippen LogP contribution >= 0.6 is 0 Å². The van der Waals surface area contributed by atoms with Gasteiger partial charge in [0, 0.05) is 28.5 Å². The number of hydrogen-bond acceptors (Lipinski definition) is 2. The van der Waals surface area contributed by atoms with Crippen LogP contribution in [0.3, 0.4) is 0 Å². The molecule has 0 bridgehead atoms. The van der Waals surface area contributed by atoms with Crippen LogP contribution in [0.15, 0.2) is 24.3 Å². The maximum atomic E-state index is 11.5. The molecule has 0 aliphatic carbocycles. The van der Waals surface area contributed by atoms with Crippen molar-refractivity contribution in [1.82, 2.24) is 0 Å². The number of ether oxygens (including phenoxy) is 1. The summed E-state index contributed by atoms with van der Waals surface area (Å²) in [5.74, 6) is 0.954.